The first kappa shape index (κ1) is 34.6. The van der Waals surface area contributed by atoms with Crippen LogP contribution in [0.25, 0.3) is 0 Å². The van der Waals surface area contributed by atoms with Crippen molar-refractivity contribution in [2.45, 2.75) is 110 Å². The van der Waals surface area contributed by atoms with Gasteiger partial charge in [-0.05, 0) is 75.2 Å². The Morgan fingerprint density at radius 1 is 0.632 bits per heavy atom. The number of urea groups is 1. The molecule has 3 amide bonds. The molecule has 13 heteroatoms. The van der Waals surface area contributed by atoms with E-state index in [1.54, 1.807) is 20.8 Å². The summed E-state index contributed by atoms with van der Waals surface area (Å²) in [4.78, 5) is 73.9. The SMILES string of the molecule is CC(C)(C)OC(=O)CCCNC(=O)NCCCC(=O)NC(C(=O)O)(C(=O)OC(C)(C)C)C(=O)OC(C)(C)C. The maximum absolute atomic E-state index is 12.8. The molecule has 0 unspecified atom stereocenters. The molecule has 0 bridgehead atoms. The Bertz CT molecular complexity index is 851. The molecule has 0 spiro atoms. The zero-order valence-electron chi connectivity index (χ0n) is 23.9. The third-order valence-corrected chi connectivity index (χ3v) is 4.19. The Morgan fingerprint density at radius 3 is 1.39 bits per heavy atom. The third-order valence-electron chi connectivity index (χ3n) is 4.19. The van der Waals surface area contributed by atoms with Crippen molar-refractivity contribution in [1.29, 1.82) is 0 Å². The Labute approximate surface area is 223 Å². The van der Waals surface area contributed by atoms with E-state index in [1.165, 1.54) is 41.5 Å². The van der Waals surface area contributed by atoms with Crippen LogP contribution in [0.2, 0.25) is 0 Å². The van der Waals surface area contributed by atoms with E-state index in [1.807, 2.05) is 5.32 Å². The Balaban J connectivity index is 4.96. The summed E-state index contributed by atoms with van der Waals surface area (Å²) >= 11 is 0. The van der Waals surface area contributed by atoms with Gasteiger partial charge in [0, 0.05) is 25.9 Å². The summed E-state index contributed by atoms with van der Waals surface area (Å²) in [7, 11) is 0. The van der Waals surface area contributed by atoms with Crippen LogP contribution in [-0.2, 0) is 38.2 Å². The molecule has 0 aliphatic heterocycles. The molecular formula is C25H43N3O10. The van der Waals surface area contributed by atoms with Crippen LogP contribution < -0.4 is 16.0 Å². The van der Waals surface area contributed by atoms with Gasteiger partial charge in [-0.2, -0.15) is 0 Å². The second-order valence-corrected chi connectivity index (χ2v) is 11.6. The highest BCUT2D eigenvalue weighted by atomic mass is 16.6. The molecular weight excluding hydrogens is 502 g/mol. The number of ether oxygens (including phenoxy) is 3. The highest BCUT2D eigenvalue weighted by Crippen LogP contribution is 2.21. The molecule has 0 aliphatic rings. The summed E-state index contributed by atoms with van der Waals surface area (Å²) in [6.45, 7) is 14.4. The number of hydrogen-bond acceptors (Lipinski definition) is 9. The van der Waals surface area contributed by atoms with Gasteiger partial charge in [0.15, 0.2) is 0 Å². The summed E-state index contributed by atoms with van der Waals surface area (Å²) in [5.74, 6) is -6.27. The first-order valence-corrected chi connectivity index (χ1v) is 12.3. The van der Waals surface area contributed by atoms with Crippen molar-refractivity contribution in [1.82, 2.24) is 16.0 Å². The van der Waals surface area contributed by atoms with Crippen molar-refractivity contribution in [2.24, 2.45) is 0 Å². The largest absolute Gasteiger partial charge is 0.479 e. The molecule has 0 rings (SSSR count). The van der Waals surface area contributed by atoms with Crippen LogP contribution in [-0.4, -0.2) is 76.4 Å². The highest BCUT2D eigenvalue weighted by molar-refractivity contribution is 6.24. The lowest BCUT2D eigenvalue weighted by atomic mass is 9.98. The Morgan fingerprint density at radius 2 is 1.03 bits per heavy atom. The van der Waals surface area contributed by atoms with Gasteiger partial charge in [0.1, 0.15) is 16.8 Å². The van der Waals surface area contributed by atoms with Crippen LogP contribution in [0.5, 0.6) is 0 Å². The van der Waals surface area contributed by atoms with Gasteiger partial charge in [-0.15, -0.1) is 0 Å². The van der Waals surface area contributed by atoms with Gasteiger partial charge in [-0.1, -0.05) is 0 Å². The van der Waals surface area contributed by atoms with Gasteiger partial charge in [-0.25, -0.2) is 19.2 Å². The van der Waals surface area contributed by atoms with Crippen molar-refractivity contribution in [3.05, 3.63) is 0 Å². The molecule has 0 radical (unpaired) electrons. The lowest BCUT2D eigenvalue weighted by Gasteiger charge is -2.32. The molecule has 0 aromatic heterocycles. The number of rotatable bonds is 12. The first-order valence-electron chi connectivity index (χ1n) is 12.3. The summed E-state index contributed by atoms with van der Waals surface area (Å²) < 4.78 is 15.4. The van der Waals surface area contributed by atoms with Crippen LogP contribution in [0, 0.1) is 0 Å². The summed E-state index contributed by atoms with van der Waals surface area (Å²) in [5.41, 5.74) is -6.02. The molecule has 38 heavy (non-hydrogen) atoms. The molecule has 4 N–H and O–H groups in total. The van der Waals surface area contributed by atoms with Crippen molar-refractivity contribution in [3.8, 4) is 0 Å². The van der Waals surface area contributed by atoms with E-state index >= 15 is 0 Å². The normalized spacial score (nSPS) is 12.1. The summed E-state index contributed by atoms with van der Waals surface area (Å²) in [5, 5.41) is 16.9. The number of carboxylic acids is 1. The van der Waals surface area contributed by atoms with Crippen LogP contribution in [0.15, 0.2) is 0 Å². The number of carbonyl (C=O) groups excluding carboxylic acids is 5. The molecule has 0 saturated heterocycles. The van der Waals surface area contributed by atoms with E-state index < -0.39 is 52.2 Å². The van der Waals surface area contributed by atoms with E-state index in [4.69, 9.17) is 14.2 Å². The molecule has 0 saturated carbocycles. The van der Waals surface area contributed by atoms with E-state index in [-0.39, 0.29) is 38.3 Å². The second kappa shape index (κ2) is 14.0. The van der Waals surface area contributed by atoms with Crippen LogP contribution in [0.4, 0.5) is 4.79 Å². The highest BCUT2D eigenvalue weighted by Gasteiger charge is 2.59. The minimum absolute atomic E-state index is 0.0320. The molecule has 0 heterocycles. The zero-order chi connectivity index (χ0) is 29.9. The maximum atomic E-state index is 12.8. The Kier molecular flexibility index (Phi) is 12.7. The van der Waals surface area contributed by atoms with Crippen molar-refractivity contribution in [3.63, 3.8) is 0 Å². The maximum Gasteiger partial charge on any atom is 0.356 e. The monoisotopic (exact) mass is 545 g/mol. The fraction of sp³-hybridized carbons (Fsp3) is 0.760. The van der Waals surface area contributed by atoms with E-state index in [0.717, 1.165) is 0 Å². The van der Waals surface area contributed by atoms with E-state index in [9.17, 15) is 33.9 Å². The van der Waals surface area contributed by atoms with Crippen molar-refractivity contribution < 1.29 is 48.1 Å². The predicted octanol–water partition coefficient (Wildman–Crippen LogP) is 1.81. The minimum Gasteiger partial charge on any atom is -0.479 e. The number of nitrogens with one attached hydrogen (secondary N) is 3. The topological polar surface area (TPSA) is 186 Å². The van der Waals surface area contributed by atoms with E-state index in [2.05, 4.69) is 10.6 Å². The predicted molar refractivity (Wildman–Crippen MR) is 136 cm³/mol. The van der Waals surface area contributed by atoms with Gasteiger partial charge in [0.2, 0.25) is 5.91 Å². The minimum atomic E-state index is -3.11. The van der Waals surface area contributed by atoms with Gasteiger partial charge >= 0.3 is 35.4 Å². The molecule has 0 fully saturated rings. The number of carboxylic acid groups (broad SMARTS) is 1. The molecule has 0 aromatic rings. The summed E-state index contributed by atoms with van der Waals surface area (Å²) in [6.07, 6.45) is 0.255. The number of hydrogen-bond donors (Lipinski definition) is 4. The average molecular weight is 546 g/mol. The van der Waals surface area contributed by atoms with E-state index in [0.29, 0.717) is 6.42 Å². The zero-order valence-corrected chi connectivity index (χ0v) is 23.9. The lowest BCUT2D eigenvalue weighted by molar-refractivity contribution is -0.186. The lowest BCUT2D eigenvalue weighted by Crippen LogP contribution is -2.67. The second-order valence-electron chi connectivity index (χ2n) is 11.6. The van der Waals surface area contributed by atoms with Crippen LogP contribution in [0.1, 0.15) is 88.0 Å². The average Bonchev–Trinajstić information content (AvgIpc) is 2.68. The van der Waals surface area contributed by atoms with Gasteiger partial charge in [0.05, 0.1) is 0 Å². The quantitative estimate of drug-likeness (QED) is 0.122. The number of aliphatic carboxylic acids is 1. The van der Waals surface area contributed by atoms with Crippen molar-refractivity contribution >= 4 is 35.8 Å². The number of esters is 3. The van der Waals surface area contributed by atoms with Crippen LogP contribution in [0.3, 0.4) is 0 Å². The molecule has 13 nitrogen and oxygen atoms in total. The molecule has 218 valence electrons. The first-order chi connectivity index (χ1) is 17.1. The summed E-state index contributed by atoms with van der Waals surface area (Å²) in [6, 6.07) is -0.531. The fourth-order valence-electron chi connectivity index (χ4n) is 2.73. The Hall–Kier alpha value is -3.38. The van der Waals surface area contributed by atoms with Gasteiger partial charge < -0.3 is 35.3 Å². The molecule has 0 aliphatic carbocycles. The molecule has 0 aromatic carbocycles. The standard InChI is InChI=1S/C25H43N3O10/c1-22(2,3)36-17(30)13-11-15-27-21(35)26-14-10-12-16(29)28-25(18(31)32,19(33)37-23(4,5)6)20(34)38-24(7,8)9/h10-15H2,1-9H3,(H,28,29)(H,31,32)(H2,26,27,35). The van der Waals surface area contributed by atoms with Crippen molar-refractivity contribution in [2.75, 3.05) is 13.1 Å². The smallest absolute Gasteiger partial charge is 0.356 e. The number of carbonyl (C=O) groups is 6. The van der Waals surface area contributed by atoms with Crippen LogP contribution >= 0.6 is 0 Å². The van der Waals surface area contributed by atoms with Gasteiger partial charge in [0.25, 0.3) is 0 Å². The number of amides is 3. The molecule has 0 atom stereocenters. The fourth-order valence-corrected chi connectivity index (χ4v) is 2.73. The van der Waals surface area contributed by atoms with Gasteiger partial charge in [-0.3, -0.25) is 9.59 Å². The third kappa shape index (κ3) is 13.8.